The lowest BCUT2D eigenvalue weighted by molar-refractivity contribution is -0.354. The fourth-order valence-electron chi connectivity index (χ4n) is 4.87. The van der Waals surface area contributed by atoms with E-state index >= 15 is 0 Å². The van der Waals surface area contributed by atoms with E-state index in [2.05, 4.69) is 0 Å². The molecule has 2 saturated heterocycles. The Kier molecular flexibility index (Phi) is 8.30. The molecule has 2 aliphatic rings. The fraction of sp³-hybridized carbons (Fsp3) is 0.444. The highest BCUT2D eigenvalue weighted by Crippen LogP contribution is 2.38. The van der Waals surface area contributed by atoms with E-state index in [4.69, 9.17) is 23.4 Å². The second-order valence-electron chi connectivity index (χ2n) is 10.1. The molecule has 42 heavy (non-hydrogen) atoms. The minimum Gasteiger partial charge on any atom is -0.508 e. The molecular weight excluding hydrogens is 564 g/mol. The molecule has 0 bridgehead atoms. The number of fused-ring (bicyclic) bond motifs is 1. The van der Waals surface area contributed by atoms with Crippen molar-refractivity contribution >= 4 is 11.0 Å². The van der Waals surface area contributed by atoms with Crippen molar-refractivity contribution in [2.24, 2.45) is 0 Å². The van der Waals surface area contributed by atoms with Crippen molar-refractivity contribution < 1.29 is 69.3 Å². The highest BCUT2D eigenvalue weighted by molar-refractivity contribution is 5.88. The van der Waals surface area contributed by atoms with Crippen LogP contribution in [-0.2, 0) is 14.2 Å². The lowest BCUT2D eigenvalue weighted by Gasteiger charge is -2.45. The van der Waals surface area contributed by atoms with Gasteiger partial charge in [-0.2, -0.15) is 0 Å². The molecule has 0 amide bonds. The van der Waals surface area contributed by atoms with Gasteiger partial charge in [-0.15, -0.1) is 0 Å². The number of hydrogen-bond acceptors (Lipinski definition) is 15. The maximum atomic E-state index is 13.7. The monoisotopic (exact) mass is 594 g/mol. The van der Waals surface area contributed by atoms with Crippen LogP contribution in [0, 0.1) is 0 Å². The predicted octanol–water partition coefficient (Wildman–Crippen LogP) is -1.39. The topological polar surface area (TPSA) is 249 Å². The van der Waals surface area contributed by atoms with Gasteiger partial charge in [-0.25, -0.2) is 0 Å². The molecule has 0 spiro atoms. The highest BCUT2D eigenvalue weighted by atomic mass is 16.8. The van der Waals surface area contributed by atoms with Crippen LogP contribution in [0.15, 0.2) is 45.6 Å². The Morgan fingerprint density at radius 3 is 2.17 bits per heavy atom. The number of rotatable bonds is 6. The maximum absolute atomic E-state index is 13.7. The van der Waals surface area contributed by atoms with Crippen LogP contribution < -0.4 is 10.2 Å². The number of phenolic OH excluding ortho intramolecular Hbond substituents is 3. The lowest BCUT2D eigenvalue weighted by Crippen LogP contribution is -2.64. The molecule has 2 aromatic carbocycles. The zero-order chi connectivity index (χ0) is 30.5. The SMILES string of the molecule is C[C@H]1O[C@@H](O[C@H]2[C@H](Oc3c(-c4ccc(O)cc4)oc4cc(O)cc(O)c4c3=O)O[C@H](CO)[C@@H](O)[C@@H]2O)[C@@H](O)[C@@H](O)[C@@H]1O. The summed E-state index contributed by atoms with van der Waals surface area (Å²) >= 11 is 0. The van der Waals surface area contributed by atoms with Gasteiger partial charge in [0.1, 0.15) is 64.8 Å². The van der Waals surface area contributed by atoms with Crippen molar-refractivity contribution in [1.82, 2.24) is 0 Å². The van der Waals surface area contributed by atoms with E-state index in [9.17, 15) is 50.8 Å². The molecule has 3 heterocycles. The van der Waals surface area contributed by atoms with Crippen LogP contribution in [-0.4, -0.2) is 114 Å². The van der Waals surface area contributed by atoms with Crippen molar-refractivity contribution in [3.8, 4) is 34.3 Å². The molecular formula is C27H30O15. The third-order valence-corrected chi connectivity index (χ3v) is 7.21. The number of hydrogen-bond donors (Lipinski definition) is 9. The van der Waals surface area contributed by atoms with Crippen molar-refractivity contribution in [3.05, 3.63) is 46.6 Å². The smallest absolute Gasteiger partial charge is 0.239 e. The van der Waals surface area contributed by atoms with Crippen molar-refractivity contribution in [2.75, 3.05) is 6.61 Å². The van der Waals surface area contributed by atoms with Crippen LogP contribution in [0.3, 0.4) is 0 Å². The Morgan fingerprint density at radius 1 is 0.810 bits per heavy atom. The summed E-state index contributed by atoms with van der Waals surface area (Å²) in [5.41, 5.74) is -0.995. The van der Waals surface area contributed by atoms with E-state index in [0.717, 1.165) is 12.1 Å². The summed E-state index contributed by atoms with van der Waals surface area (Å²) < 4.78 is 28.5. The van der Waals surface area contributed by atoms with Gasteiger partial charge >= 0.3 is 0 Å². The summed E-state index contributed by atoms with van der Waals surface area (Å²) in [6.07, 6.45) is -16.3. The largest absolute Gasteiger partial charge is 0.508 e. The van der Waals surface area contributed by atoms with Gasteiger partial charge in [0.15, 0.2) is 18.2 Å². The van der Waals surface area contributed by atoms with Crippen LogP contribution >= 0.6 is 0 Å². The first kappa shape index (κ1) is 30.0. The van der Waals surface area contributed by atoms with E-state index < -0.39 is 96.1 Å². The molecule has 0 radical (unpaired) electrons. The third kappa shape index (κ3) is 5.37. The molecule has 228 valence electrons. The van der Waals surface area contributed by atoms with Crippen LogP contribution in [0.5, 0.6) is 23.0 Å². The number of aliphatic hydroxyl groups is 6. The van der Waals surface area contributed by atoms with Gasteiger partial charge in [-0.1, -0.05) is 0 Å². The Bertz CT molecular complexity index is 1470. The van der Waals surface area contributed by atoms with Crippen molar-refractivity contribution in [1.29, 1.82) is 0 Å². The first-order valence-corrected chi connectivity index (χ1v) is 12.9. The van der Waals surface area contributed by atoms with Crippen molar-refractivity contribution in [2.45, 2.75) is 68.3 Å². The van der Waals surface area contributed by atoms with Crippen LogP contribution in [0.1, 0.15) is 6.92 Å². The fourth-order valence-corrected chi connectivity index (χ4v) is 4.87. The van der Waals surface area contributed by atoms with Gasteiger partial charge in [0, 0.05) is 17.7 Å². The summed E-state index contributed by atoms with van der Waals surface area (Å²) in [4.78, 5) is 13.7. The van der Waals surface area contributed by atoms with Crippen LogP contribution in [0.2, 0.25) is 0 Å². The van der Waals surface area contributed by atoms with Crippen LogP contribution in [0.25, 0.3) is 22.3 Å². The Hall–Kier alpha value is -3.51. The van der Waals surface area contributed by atoms with E-state index in [0.29, 0.717) is 0 Å². The summed E-state index contributed by atoms with van der Waals surface area (Å²) in [6, 6.07) is 7.31. The van der Waals surface area contributed by atoms with Gasteiger partial charge in [0.05, 0.1) is 12.7 Å². The number of phenols is 3. The van der Waals surface area contributed by atoms with E-state index in [1.807, 2.05) is 0 Å². The number of aliphatic hydroxyl groups excluding tert-OH is 6. The molecule has 0 aliphatic carbocycles. The molecule has 9 N–H and O–H groups in total. The summed E-state index contributed by atoms with van der Waals surface area (Å²) in [6.45, 7) is 0.593. The van der Waals surface area contributed by atoms with Crippen molar-refractivity contribution in [3.63, 3.8) is 0 Å². The summed E-state index contributed by atoms with van der Waals surface area (Å²) in [5.74, 6) is -2.03. The second-order valence-corrected chi connectivity index (χ2v) is 10.1. The number of ether oxygens (including phenoxy) is 4. The zero-order valence-corrected chi connectivity index (χ0v) is 21.9. The van der Waals surface area contributed by atoms with Gasteiger partial charge in [0.2, 0.25) is 17.5 Å². The highest BCUT2D eigenvalue weighted by Gasteiger charge is 2.51. The summed E-state index contributed by atoms with van der Waals surface area (Å²) in [7, 11) is 0. The Balaban J connectivity index is 1.60. The second kappa shape index (κ2) is 11.6. The summed E-state index contributed by atoms with van der Waals surface area (Å²) in [5, 5.41) is 91.6. The van der Waals surface area contributed by atoms with Gasteiger partial charge in [-0.3, -0.25) is 4.79 Å². The number of aromatic hydroxyl groups is 3. The third-order valence-electron chi connectivity index (χ3n) is 7.21. The minimum atomic E-state index is -1.87. The maximum Gasteiger partial charge on any atom is 0.239 e. The molecule has 0 saturated carbocycles. The molecule has 1 aromatic heterocycles. The average molecular weight is 595 g/mol. The average Bonchev–Trinajstić information content (AvgIpc) is 2.95. The lowest BCUT2D eigenvalue weighted by atomic mass is 9.97. The van der Waals surface area contributed by atoms with E-state index in [1.165, 1.54) is 31.2 Å². The molecule has 3 aromatic rings. The molecule has 0 unspecified atom stereocenters. The molecule has 2 aliphatic heterocycles. The molecule has 10 atom stereocenters. The molecule has 2 fully saturated rings. The van der Waals surface area contributed by atoms with Gasteiger partial charge in [0.25, 0.3) is 0 Å². The normalized spacial score (nSPS) is 33.5. The van der Waals surface area contributed by atoms with E-state index in [-0.39, 0.29) is 22.7 Å². The molecule has 15 heteroatoms. The standard InChI is InChI=1S/C27H30O15/c1-9-17(32)20(35)22(37)26(38-9)42-25-21(36)18(33)15(8-28)40-27(25)41-24-19(34)16-13(31)6-12(30)7-14(16)39-23(24)10-2-4-11(29)5-3-10/h2-7,9,15,17-18,20-22,25-33,35-37H,8H2,1H3/t9-,15-,17-,18-,20+,21+,22+,25-,26+,27+/m1/s1. The van der Waals surface area contributed by atoms with Crippen LogP contribution in [0.4, 0.5) is 0 Å². The first-order chi connectivity index (χ1) is 19.9. The first-order valence-electron chi connectivity index (χ1n) is 12.9. The Labute approximate surface area is 236 Å². The Morgan fingerprint density at radius 2 is 1.50 bits per heavy atom. The van der Waals surface area contributed by atoms with E-state index in [1.54, 1.807) is 0 Å². The minimum absolute atomic E-state index is 0.112. The van der Waals surface area contributed by atoms with Gasteiger partial charge in [-0.05, 0) is 31.2 Å². The molecule has 5 rings (SSSR count). The van der Waals surface area contributed by atoms with Gasteiger partial charge < -0.3 is 69.3 Å². The number of benzene rings is 2. The molecule has 15 nitrogen and oxygen atoms in total. The quantitative estimate of drug-likeness (QED) is 0.159. The zero-order valence-electron chi connectivity index (χ0n) is 21.9. The predicted molar refractivity (Wildman–Crippen MR) is 139 cm³/mol.